The number of esters is 1. The smallest absolute Gasteiger partial charge is 0.314 e. The Bertz CT molecular complexity index is 1450. The third-order valence-electron chi connectivity index (χ3n) is 15.7. The summed E-state index contributed by atoms with van der Waals surface area (Å²) < 4.78 is 36.6. The highest BCUT2D eigenvalue weighted by Crippen LogP contribution is 2.73. The van der Waals surface area contributed by atoms with Gasteiger partial charge in [-0.15, -0.1) is 0 Å². The lowest BCUT2D eigenvalue weighted by Gasteiger charge is -2.64. The average molecular weight is 801 g/mol. The molecule has 320 valence electrons. The highest BCUT2D eigenvalue weighted by atomic mass is 16.8. The van der Waals surface area contributed by atoms with Crippen molar-refractivity contribution in [3.63, 3.8) is 0 Å². The molecule has 9 N–H and O–H groups in total. The summed E-state index contributed by atoms with van der Waals surface area (Å²) in [5.74, 6) is -0.911. The van der Waals surface area contributed by atoms with E-state index < -0.39 is 110 Å². The number of fused-ring (bicyclic) bond motifs is 3. The van der Waals surface area contributed by atoms with Crippen LogP contribution in [0, 0.1) is 39.9 Å². The SMILES string of the molecule is C=C1C[C@@]23CC[C@@H]4[C@@](C)(CCC[C@@]4(C)C(=O)O[C@@H]4O[C@H](CO)[C@@H](C)[C@H](O)[C@H]4C)[C@@H]2CC[C@@]1(O[C@H]1O[C@H](CO)[C@H](O)[C@H](O)[C@H]1O[C@@H]1O[C@H](CO)[C@@H](O)[C@H](O)[C@H]1O)C3. The second kappa shape index (κ2) is 15.6. The third kappa shape index (κ3) is 6.71. The van der Waals surface area contributed by atoms with Gasteiger partial charge in [0.05, 0.1) is 43.0 Å². The van der Waals surface area contributed by atoms with Crippen molar-refractivity contribution in [1.29, 1.82) is 0 Å². The Hall–Kier alpha value is -1.35. The maximum Gasteiger partial charge on any atom is 0.314 e. The molecule has 16 heteroatoms. The molecule has 7 fully saturated rings. The molecule has 0 aromatic heterocycles. The lowest BCUT2D eigenvalue weighted by atomic mass is 9.41. The molecule has 3 aliphatic heterocycles. The van der Waals surface area contributed by atoms with Gasteiger partial charge in [-0.05, 0) is 86.5 Å². The van der Waals surface area contributed by atoms with E-state index in [9.17, 15) is 50.8 Å². The fourth-order valence-electron chi connectivity index (χ4n) is 12.5. The van der Waals surface area contributed by atoms with Crippen LogP contribution in [0.4, 0.5) is 0 Å². The molecule has 0 aromatic rings. The number of hydrogen-bond donors (Lipinski definition) is 9. The molecule has 0 radical (unpaired) electrons. The normalized spacial score (nSPS) is 54.6. The molecule has 1 spiro atoms. The van der Waals surface area contributed by atoms with Crippen LogP contribution in [0.25, 0.3) is 0 Å². The molecule has 7 aliphatic rings. The summed E-state index contributed by atoms with van der Waals surface area (Å²) in [6.07, 6.45) is -11.5. The highest BCUT2D eigenvalue weighted by molar-refractivity contribution is 5.77. The summed E-state index contributed by atoms with van der Waals surface area (Å²) in [6, 6.07) is 0. The largest absolute Gasteiger partial charge is 0.435 e. The Morgan fingerprint density at radius 1 is 0.714 bits per heavy atom. The minimum Gasteiger partial charge on any atom is -0.435 e. The van der Waals surface area contributed by atoms with Crippen LogP contribution in [0.2, 0.25) is 0 Å². The Kier molecular flexibility index (Phi) is 11.9. The Labute approximate surface area is 327 Å². The first-order valence-corrected chi connectivity index (χ1v) is 20.5. The molecule has 3 saturated heterocycles. The second-order valence-corrected chi connectivity index (χ2v) is 18.7. The van der Waals surface area contributed by atoms with Crippen molar-refractivity contribution in [1.82, 2.24) is 0 Å². The monoisotopic (exact) mass is 800 g/mol. The minimum atomic E-state index is -1.78. The van der Waals surface area contributed by atoms with Crippen LogP contribution >= 0.6 is 0 Å². The van der Waals surface area contributed by atoms with Crippen LogP contribution in [0.15, 0.2) is 12.2 Å². The zero-order valence-electron chi connectivity index (χ0n) is 32.9. The molecule has 0 aromatic carbocycles. The summed E-state index contributed by atoms with van der Waals surface area (Å²) in [5.41, 5.74) is -1.36. The van der Waals surface area contributed by atoms with E-state index in [1.165, 1.54) is 0 Å². The van der Waals surface area contributed by atoms with E-state index in [1.54, 1.807) is 6.92 Å². The van der Waals surface area contributed by atoms with Crippen molar-refractivity contribution in [2.24, 2.45) is 39.9 Å². The summed E-state index contributed by atoms with van der Waals surface area (Å²) in [4.78, 5) is 14.3. The molecule has 7 rings (SSSR count). The zero-order valence-corrected chi connectivity index (χ0v) is 32.9. The Balaban J connectivity index is 1.10. The third-order valence-corrected chi connectivity index (χ3v) is 15.7. The molecule has 4 saturated carbocycles. The van der Waals surface area contributed by atoms with E-state index in [4.69, 9.17) is 28.4 Å². The van der Waals surface area contributed by atoms with Crippen molar-refractivity contribution in [2.45, 2.75) is 171 Å². The number of carbonyl (C=O) groups is 1. The topological polar surface area (TPSA) is 255 Å². The van der Waals surface area contributed by atoms with E-state index in [1.807, 2.05) is 13.8 Å². The van der Waals surface area contributed by atoms with Gasteiger partial charge in [0.1, 0.15) is 48.8 Å². The maximum absolute atomic E-state index is 14.3. The van der Waals surface area contributed by atoms with Gasteiger partial charge in [-0.1, -0.05) is 33.8 Å². The average Bonchev–Trinajstić information content (AvgIpc) is 3.37. The summed E-state index contributed by atoms with van der Waals surface area (Å²) >= 11 is 0. The van der Waals surface area contributed by atoms with Crippen LogP contribution in [0.3, 0.4) is 0 Å². The standard InChI is InChI=1S/C40H64O16/c1-18-13-39-11-7-24-37(4,9-6-10-38(24,5)36(50)55-33-20(3)26(44)19(2)21(14-41)51-33)25(39)8-12-40(18,17-39)56-35-32(30(48)28(46)23(16-43)53-35)54-34-31(49)29(47)27(45)22(15-42)52-34/h19-35,41-49H,1,6-17H2,2-5H3/t19-,20-,21-,22-,23-,24-,25+,26+,27-,28+,29+,30+,31-,32-,33+,34+,35-,37-,38-,39-,40-/m1/s1. The first-order valence-electron chi connectivity index (χ1n) is 20.5. The molecule has 0 unspecified atom stereocenters. The molecule has 0 amide bonds. The van der Waals surface area contributed by atoms with E-state index in [0.717, 1.165) is 37.7 Å². The van der Waals surface area contributed by atoms with Crippen molar-refractivity contribution >= 4 is 5.97 Å². The maximum atomic E-state index is 14.3. The first-order chi connectivity index (χ1) is 26.4. The number of rotatable bonds is 9. The minimum absolute atomic E-state index is 0.00508. The lowest BCUT2D eigenvalue weighted by Crippen LogP contribution is -2.65. The van der Waals surface area contributed by atoms with Gasteiger partial charge in [-0.25, -0.2) is 0 Å². The molecule has 21 atom stereocenters. The number of ether oxygens (including phenoxy) is 6. The fraction of sp³-hybridized carbons (Fsp3) is 0.925. The van der Waals surface area contributed by atoms with E-state index in [0.29, 0.717) is 25.7 Å². The van der Waals surface area contributed by atoms with Gasteiger partial charge < -0.3 is 74.4 Å². The predicted octanol–water partition coefficient (Wildman–Crippen LogP) is -0.388. The molecular formula is C40H64O16. The van der Waals surface area contributed by atoms with Crippen molar-refractivity contribution in [3.05, 3.63) is 12.2 Å². The number of carbonyl (C=O) groups excluding carboxylic acids is 1. The molecule has 3 heterocycles. The van der Waals surface area contributed by atoms with Gasteiger partial charge in [0.15, 0.2) is 12.6 Å². The molecule has 16 nitrogen and oxygen atoms in total. The van der Waals surface area contributed by atoms with Gasteiger partial charge in [-0.3, -0.25) is 4.79 Å². The summed E-state index contributed by atoms with van der Waals surface area (Å²) in [7, 11) is 0. The van der Waals surface area contributed by atoms with Crippen molar-refractivity contribution < 1.29 is 79.2 Å². The van der Waals surface area contributed by atoms with Crippen LogP contribution in [-0.4, -0.2) is 157 Å². The predicted molar refractivity (Wildman–Crippen MR) is 193 cm³/mol. The van der Waals surface area contributed by atoms with E-state index >= 15 is 0 Å². The molecule has 2 bridgehead atoms. The van der Waals surface area contributed by atoms with Crippen LogP contribution in [0.5, 0.6) is 0 Å². The summed E-state index contributed by atoms with van der Waals surface area (Å²) in [5, 5.41) is 94.1. The van der Waals surface area contributed by atoms with Gasteiger partial charge in [-0.2, -0.15) is 0 Å². The first kappa shape index (κ1) is 42.8. The van der Waals surface area contributed by atoms with Crippen molar-refractivity contribution in [3.8, 4) is 0 Å². The van der Waals surface area contributed by atoms with E-state index in [-0.39, 0.29) is 41.2 Å². The molecular weight excluding hydrogens is 736 g/mol. The Morgan fingerprint density at radius 3 is 1.98 bits per heavy atom. The quantitative estimate of drug-likeness (QED) is 0.0818. The van der Waals surface area contributed by atoms with Crippen LogP contribution < -0.4 is 0 Å². The molecule has 56 heavy (non-hydrogen) atoms. The summed E-state index contributed by atoms with van der Waals surface area (Å²) in [6.45, 7) is 10.8. The lowest BCUT2D eigenvalue weighted by molar-refractivity contribution is -0.378. The number of aliphatic hydroxyl groups is 9. The van der Waals surface area contributed by atoms with Crippen molar-refractivity contribution in [2.75, 3.05) is 19.8 Å². The van der Waals surface area contributed by atoms with Crippen LogP contribution in [-0.2, 0) is 33.2 Å². The van der Waals surface area contributed by atoms with Gasteiger partial charge >= 0.3 is 5.97 Å². The van der Waals surface area contributed by atoms with E-state index in [2.05, 4.69) is 13.5 Å². The highest BCUT2D eigenvalue weighted by Gasteiger charge is 2.69. The Morgan fingerprint density at radius 2 is 1.32 bits per heavy atom. The van der Waals surface area contributed by atoms with Gasteiger partial charge in [0.2, 0.25) is 6.29 Å². The zero-order chi connectivity index (χ0) is 40.7. The van der Waals surface area contributed by atoms with Crippen LogP contribution in [0.1, 0.15) is 85.5 Å². The second-order valence-electron chi connectivity index (χ2n) is 18.7. The van der Waals surface area contributed by atoms with Gasteiger partial charge in [0.25, 0.3) is 0 Å². The number of hydrogen-bond acceptors (Lipinski definition) is 16. The molecule has 4 aliphatic carbocycles. The fourth-order valence-corrected chi connectivity index (χ4v) is 12.5. The number of aliphatic hydroxyl groups excluding tert-OH is 9. The van der Waals surface area contributed by atoms with Gasteiger partial charge in [0, 0.05) is 11.8 Å².